The Kier molecular flexibility index (Phi) is 6.34. The van der Waals surface area contributed by atoms with Gasteiger partial charge in [-0.3, -0.25) is 4.79 Å². The highest BCUT2D eigenvalue weighted by Crippen LogP contribution is 2.28. The molecule has 0 atom stereocenters. The van der Waals surface area contributed by atoms with E-state index < -0.39 is 0 Å². The van der Waals surface area contributed by atoms with Crippen LogP contribution in [-0.4, -0.2) is 45.4 Å². The minimum atomic E-state index is -0.156. The topological polar surface area (TPSA) is 50.8 Å². The molecule has 0 amide bonds. The summed E-state index contributed by atoms with van der Waals surface area (Å²) in [5, 5.41) is 3.35. The molecule has 1 heterocycles. The van der Waals surface area contributed by atoms with Gasteiger partial charge in [0.05, 0.1) is 18.9 Å². The summed E-state index contributed by atoms with van der Waals surface area (Å²) in [6, 6.07) is 8.09. The van der Waals surface area contributed by atoms with Crippen molar-refractivity contribution < 1.29 is 14.3 Å². The van der Waals surface area contributed by atoms with E-state index in [0.29, 0.717) is 26.1 Å². The number of para-hydroxylation sites is 2. The average molecular weight is 292 g/mol. The Bertz CT molecular complexity index is 445. The summed E-state index contributed by atoms with van der Waals surface area (Å²) in [5.74, 6) is 0.736. The van der Waals surface area contributed by atoms with E-state index in [1.54, 1.807) is 0 Å². The van der Waals surface area contributed by atoms with Crippen LogP contribution in [0, 0.1) is 0 Å². The van der Waals surface area contributed by atoms with Crippen molar-refractivity contribution in [2.24, 2.45) is 0 Å². The summed E-state index contributed by atoms with van der Waals surface area (Å²) < 4.78 is 10.8. The van der Waals surface area contributed by atoms with Gasteiger partial charge in [-0.05, 0) is 25.5 Å². The number of piperazine rings is 1. The molecule has 0 saturated carbocycles. The van der Waals surface area contributed by atoms with E-state index >= 15 is 0 Å². The molecule has 0 bridgehead atoms. The molecule has 1 aromatic carbocycles. The van der Waals surface area contributed by atoms with Crippen molar-refractivity contribution in [1.82, 2.24) is 5.32 Å². The Hall–Kier alpha value is -1.75. The van der Waals surface area contributed by atoms with Gasteiger partial charge in [0.25, 0.3) is 0 Å². The molecule has 5 heteroatoms. The van der Waals surface area contributed by atoms with Crippen molar-refractivity contribution in [3.8, 4) is 5.75 Å². The van der Waals surface area contributed by atoms with Gasteiger partial charge in [-0.2, -0.15) is 0 Å². The maximum absolute atomic E-state index is 11.3. The summed E-state index contributed by atoms with van der Waals surface area (Å²) >= 11 is 0. The predicted molar refractivity (Wildman–Crippen MR) is 82.9 cm³/mol. The number of esters is 1. The first kappa shape index (κ1) is 15.6. The minimum absolute atomic E-state index is 0.156. The summed E-state index contributed by atoms with van der Waals surface area (Å²) in [7, 11) is 0. The smallest absolute Gasteiger partial charge is 0.305 e. The lowest BCUT2D eigenvalue weighted by Crippen LogP contribution is -2.43. The molecular formula is C16H24N2O3. The molecule has 0 unspecified atom stereocenters. The van der Waals surface area contributed by atoms with Gasteiger partial charge in [0.15, 0.2) is 0 Å². The van der Waals surface area contributed by atoms with Crippen LogP contribution < -0.4 is 15.0 Å². The molecule has 21 heavy (non-hydrogen) atoms. The highest BCUT2D eigenvalue weighted by atomic mass is 16.5. The number of ether oxygens (including phenoxy) is 2. The predicted octanol–water partition coefficient (Wildman–Crippen LogP) is 1.82. The number of nitrogens with zero attached hydrogens (tertiary/aromatic N) is 1. The molecule has 1 fully saturated rings. The highest BCUT2D eigenvalue weighted by molar-refractivity contribution is 5.69. The van der Waals surface area contributed by atoms with Crippen LogP contribution >= 0.6 is 0 Å². The Morgan fingerprint density at radius 3 is 2.81 bits per heavy atom. The third-order valence-corrected chi connectivity index (χ3v) is 3.41. The van der Waals surface area contributed by atoms with Crippen LogP contribution in [-0.2, 0) is 9.53 Å². The van der Waals surface area contributed by atoms with Crippen molar-refractivity contribution in [3.63, 3.8) is 0 Å². The molecule has 0 radical (unpaired) electrons. The first-order valence-electron chi connectivity index (χ1n) is 7.64. The Labute approximate surface area is 126 Å². The van der Waals surface area contributed by atoms with Gasteiger partial charge in [-0.1, -0.05) is 12.1 Å². The second-order valence-electron chi connectivity index (χ2n) is 4.96. The normalized spacial score (nSPS) is 14.8. The fourth-order valence-electron chi connectivity index (χ4n) is 2.38. The fourth-order valence-corrected chi connectivity index (χ4v) is 2.38. The molecule has 1 aliphatic rings. The zero-order valence-electron chi connectivity index (χ0n) is 12.6. The quantitative estimate of drug-likeness (QED) is 0.613. The van der Waals surface area contributed by atoms with E-state index in [1.165, 1.54) is 0 Å². The van der Waals surface area contributed by atoms with E-state index in [2.05, 4.69) is 16.3 Å². The average Bonchev–Trinajstić information content (AvgIpc) is 2.53. The molecular weight excluding hydrogens is 268 g/mol. The van der Waals surface area contributed by atoms with Crippen molar-refractivity contribution in [2.45, 2.75) is 19.8 Å². The maximum atomic E-state index is 11.3. The second kappa shape index (κ2) is 8.52. The molecule has 1 aliphatic heterocycles. The molecule has 5 nitrogen and oxygen atoms in total. The van der Waals surface area contributed by atoms with E-state index in [4.69, 9.17) is 9.47 Å². The standard InChI is InChI=1S/C16H24N2O3/c1-2-20-16(19)8-5-13-21-15-7-4-3-6-14(15)18-11-9-17-10-12-18/h3-4,6-7,17H,2,5,8-13H2,1H3. The molecule has 0 aromatic heterocycles. The number of nitrogens with one attached hydrogen (secondary N) is 1. The summed E-state index contributed by atoms with van der Waals surface area (Å²) in [6.45, 7) is 6.76. The number of benzene rings is 1. The molecule has 1 saturated heterocycles. The molecule has 116 valence electrons. The molecule has 0 spiro atoms. The van der Waals surface area contributed by atoms with Crippen LogP contribution in [0.3, 0.4) is 0 Å². The number of carbonyl (C=O) groups excluding carboxylic acids is 1. The highest BCUT2D eigenvalue weighted by Gasteiger charge is 2.14. The number of hydrogen-bond acceptors (Lipinski definition) is 5. The zero-order chi connectivity index (χ0) is 14.9. The minimum Gasteiger partial charge on any atom is -0.491 e. The van der Waals surface area contributed by atoms with Crippen LogP contribution in [0.1, 0.15) is 19.8 Å². The lowest BCUT2D eigenvalue weighted by Gasteiger charge is -2.30. The van der Waals surface area contributed by atoms with Crippen molar-refractivity contribution in [2.75, 3.05) is 44.3 Å². The van der Waals surface area contributed by atoms with Gasteiger partial charge in [-0.15, -0.1) is 0 Å². The van der Waals surface area contributed by atoms with Gasteiger partial charge in [0, 0.05) is 32.6 Å². The van der Waals surface area contributed by atoms with Crippen LogP contribution in [0.5, 0.6) is 5.75 Å². The number of anilines is 1. The molecule has 1 N–H and O–H groups in total. The van der Waals surface area contributed by atoms with Gasteiger partial charge in [0.1, 0.15) is 5.75 Å². The van der Waals surface area contributed by atoms with Crippen LogP contribution in [0.25, 0.3) is 0 Å². The van der Waals surface area contributed by atoms with Gasteiger partial charge < -0.3 is 19.7 Å². The number of carbonyl (C=O) groups is 1. The van der Waals surface area contributed by atoms with Crippen molar-refractivity contribution >= 4 is 11.7 Å². The van der Waals surface area contributed by atoms with Crippen LogP contribution in [0.15, 0.2) is 24.3 Å². The Morgan fingerprint density at radius 1 is 1.29 bits per heavy atom. The largest absolute Gasteiger partial charge is 0.491 e. The lowest BCUT2D eigenvalue weighted by atomic mass is 10.2. The second-order valence-corrected chi connectivity index (χ2v) is 4.96. The Morgan fingerprint density at radius 2 is 2.05 bits per heavy atom. The van der Waals surface area contributed by atoms with E-state index in [-0.39, 0.29) is 5.97 Å². The lowest BCUT2D eigenvalue weighted by molar-refractivity contribution is -0.143. The van der Waals surface area contributed by atoms with E-state index in [0.717, 1.165) is 37.6 Å². The van der Waals surface area contributed by atoms with Gasteiger partial charge in [-0.25, -0.2) is 0 Å². The first-order chi connectivity index (χ1) is 10.3. The summed E-state index contributed by atoms with van der Waals surface area (Å²) in [5.41, 5.74) is 1.13. The van der Waals surface area contributed by atoms with Crippen LogP contribution in [0.4, 0.5) is 5.69 Å². The van der Waals surface area contributed by atoms with Crippen molar-refractivity contribution in [1.29, 1.82) is 0 Å². The third kappa shape index (κ3) is 4.93. The fraction of sp³-hybridized carbons (Fsp3) is 0.562. The first-order valence-corrected chi connectivity index (χ1v) is 7.64. The summed E-state index contributed by atoms with van der Waals surface area (Å²) in [4.78, 5) is 13.6. The third-order valence-electron chi connectivity index (χ3n) is 3.41. The zero-order valence-corrected chi connectivity index (χ0v) is 12.6. The summed E-state index contributed by atoms with van der Waals surface area (Å²) in [6.07, 6.45) is 1.08. The van der Waals surface area contributed by atoms with Gasteiger partial charge in [0.2, 0.25) is 0 Å². The SMILES string of the molecule is CCOC(=O)CCCOc1ccccc1N1CCNCC1. The molecule has 1 aromatic rings. The van der Waals surface area contributed by atoms with Gasteiger partial charge >= 0.3 is 5.97 Å². The van der Waals surface area contributed by atoms with Crippen molar-refractivity contribution in [3.05, 3.63) is 24.3 Å². The maximum Gasteiger partial charge on any atom is 0.305 e. The van der Waals surface area contributed by atoms with E-state index in [9.17, 15) is 4.79 Å². The molecule has 2 rings (SSSR count). The Balaban J connectivity index is 1.83. The molecule has 0 aliphatic carbocycles. The number of hydrogen-bond donors (Lipinski definition) is 1. The van der Waals surface area contributed by atoms with Crippen LogP contribution in [0.2, 0.25) is 0 Å². The number of rotatable bonds is 7. The van der Waals surface area contributed by atoms with E-state index in [1.807, 2.05) is 25.1 Å². The monoisotopic (exact) mass is 292 g/mol.